The Bertz CT molecular complexity index is 507. The van der Waals surface area contributed by atoms with Gasteiger partial charge in [-0.1, -0.05) is 24.6 Å². The van der Waals surface area contributed by atoms with E-state index in [0.717, 1.165) is 30.1 Å². The van der Waals surface area contributed by atoms with E-state index >= 15 is 0 Å². The maximum Gasteiger partial charge on any atom is 0.0561 e. The van der Waals surface area contributed by atoms with Crippen LogP contribution in [-0.2, 0) is 6.42 Å². The summed E-state index contributed by atoms with van der Waals surface area (Å²) in [4.78, 5) is 5.69. The van der Waals surface area contributed by atoms with Gasteiger partial charge in [-0.3, -0.25) is 4.98 Å². The van der Waals surface area contributed by atoms with Gasteiger partial charge in [-0.15, -0.1) is 11.3 Å². The zero-order valence-electron chi connectivity index (χ0n) is 11.3. The zero-order valence-corrected chi connectivity index (χ0v) is 12.9. The number of nitrogens with one attached hydrogen (secondary N) is 1. The van der Waals surface area contributed by atoms with E-state index < -0.39 is 0 Å². The molecule has 0 aliphatic carbocycles. The number of pyridine rings is 1. The SMILES string of the molecule is CCCNC(Cc1ccc(C)cn1)c1sccc1Cl. The molecule has 2 aromatic rings. The molecule has 0 aliphatic rings. The van der Waals surface area contributed by atoms with Crippen LogP contribution in [0.5, 0.6) is 0 Å². The summed E-state index contributed by atoms with van der Waals surface area (Å²) < 4.78 is 0. The molecule has 2 rings (SSSR count). The Morgan fingerprint density at radius 1 is 1.37 bits per heavy atom. The highest BCUT2D eigenvalue weighted by Crippen LogP contribution is 2.30. The van der Waals surface area contributed by atoms with Crippen LogP contribution in [0.1, 0.15) is 35.5 Å². The quantitative estimate of drug-likeness (QED) is 0.855. The van der Waals surface area contributed by atoms with E-state index in [2.05, 4.69) is 36.3 Å². The van der Waals surface area contributed by atoms with Crippen LogP contribution in [0.15, 0.2) is 29.8 Å². The van der Waals surface area contributed by atoms with Crippen molar-refractivity contribution in [3.8, 4) is 0 Å². The third kappa shape index (κ3) is 4.03. The van der Waals surface area contributed by atoms with Crippen LogP contribution < -0.4 is 5.32 Å². The minimum atomic E-state index is 0.252. The molecule has 1 unspecified atom stereocenters. The first-order chi connectivity index (χ1) is 9.20. The zero-order chi connectivity index (χ0) is 13.7. The summed E-state index contributed by atoms with van der Waals surface area (Å²) >= 11 is 7.96. The van der Waals surface area contributed by atoms with Gasteiger partial charge in [0.15, 0.2) is 0 Å². The average molecular weight is 295 g/mol. The largest absolute Gasteiger partial charge is 0.309 e. The van der Waals surface area contributed by atoms with E-state index in [1.54, 1.807) is 11.3 Å². The molecule has 0 amide bonds. The second kappa shape index (κ2) is 7.04. The average Bonchev–Trinajstić information content (AvgIpc) is 2.83. The summed E-state index contributed by atoms with van der Waals surface area (Å²) in [6, 6.07) is 6.42. The van der Waals surface area contributed by atoms with Crippen molar-refractivity contribution in [3.05, 3.63) is 50.9 Å². The van der Waals surface area contributed by atoms with E-state index in [-0.39, 0.29) is 6.04 Å². The third-order valence-corrected chi connectivity index (χ3v) is 4.46. The molecule has 0 aromatic carbocycles. The Kier molecular flexibility index (Phi) is 5.37. The lowest BCUT2D eigenvalue weighted by molar-refractivity contribution is 0.532. The van der Waals surface area contributed by atoms with Crippen LogP contribution in [0.4, 0.5) is 0 Å². The van der Waals surface area contributed by atoms with Crippen molar-refractivity contribution in [2.24, 2.45) is 0 Å². The van der Waals surface area contributed by atoms with Crippen molar-refractivity contribution in [2.45, 2.75) is 32.7 Å². The molecule has 0 aliphatic heterocycles. The van der Waals surface area contributed by atoms with Crippen LogP contribution in [-0.4, -0.2) is 11.5 Å². The number of aromatic nitrogens is 1. The first-order valence-corrected chi connectivity index (χ1v) is 7.84. The summed E-state index contributed by atoms with van der Waals surface area (Å²) in [6.07, 6.45) is 3.91. The number of rotatable bonds is 6. The molecule has 0 radical (unpaired) electrons. The molecule has 4 heteroatoms. The van der Waals surface area contributed by atoms with Crippen LogP contribution in [0, 0.1) is 6.92 Å². The fourth-order valence-electron chi connectivity index (χ4n) is 1.96. The van der Waals surface area contributed by atoms with Crippen LogP contribution in [0.2, 0.25) is 5.02 Å². The van der Waals surface area contributed by atoms with Gasteiger partial charge in [-0.25, -0.2) is 0 Å². The normalized spacial score (nSPS) is 12.6. The number of halogens is 1. The predicted molar refractivity (Wildman–Crippen MR) is 83.0 cm³/mol. The molecule has 2 heterocycles. The number of thiophene rings is 1. The predicted octanol–water partition coefficient (Wildman–Crippen LogP) is 4.39. The summed E-state index contributed by atoms with van der Waals surface area (Å²) in [5.41, 5.74) is 2.29. The highest BCUT2D eigenvalue weighted by Gasteiger charge is 2.16. The van der Waals surface area contributed by atoms with Gasteiger partial charge in [-0.2, -0.15) is 0 Å². The van der Waals surface area contributed by atoms with Crippen molar-refractivity contribution in [1.29, 1.82) is 0 Å². The molecule has 0 saturated carbocycles. The molecule has 0 spiro atoms. The van der Waals surface area contributed by atoms with Gasteiger partial charge in [-0.05, 0) is 43.0 Å². The van der Waals surface area contributed by atoms with E-state index in [0.29, 0.717) is 0 Å². The lowest BCUT2D eigenvalue weighted by Gasteiger charge is -2.17. The molecule has 2 nitrogen and oxygen atoms in total. The summed E-state index contributed by atoms with van der Waals surface area (Å²) in [5.74, 6) is 0. The van der Waals surface area contributed by atoms with Crippen molar-refractivity contribution < 1.29 is 0 Å². The lowest BCUT2D eigenvalue weighted by atomic mass is 10.1. The van der Waals surface area contributed by atoms with E-state index in [9.17, 15) is 0 Å². The Labute approximate surface area is 123 Å². The van der Waals surface area contributed by atoms with Gasteiger partial charge >= 0.3 is 0 Å². The maximum absolute atomic E-state index is 6.25. The number of hydrogen-bond acceptors (Lipinski definition) is 3. The van der Waals surface area contributed by atoms with Crippen molar-refractivity contribution in [3.63, 3.8) is 0 Å². The number of aryl methyl sites for hydroxylation is 1. The van der Waals surface area contributed by atoms with Crippen LogP contribution in [0.25, 0.3) is 0 Å². The Morgan fingerprint density at radius 3 is 2.79 bits per heavy atom. The van der Waals surface area contributed by atoms with E-state index in [1.807, 2.05) is 17.6 Å². The fraction of sp³-hybridized carbons (Fsp3) is 0.400. The minimum Gasteiger partial charge on any atom is -0.309 e. The third-order valence-electron chi connectivity index (χ3n) is 2.99. The molecular weight excluding hydrogens is 276 g/mol. The molecule has 19 heavy (non-hydrogen) atoms. The monoisotopic (exact) mass is 294 g/mol. The Morgan fingerprint density at radius 2 is 2.21 bits per heavy atom. The van der Waals surface area contributed by atoms with Crippen molar-refractivity contribution in [1.82, 2.24) is 10.3 Å². The van der Waals surface area contributed by atoms with Crippen LogP contribution >= 0.6 is 22.9 Å². The highest BCUT2D eigenvalue weighted by molar-refractivity contribution is 7.10. The van der Waals surface area contributed by atoms with E-state index in [1.165, 1.54) is 10.4 Å². The highest BCUT2D eigenvalue weighted by atomic mass is 35.5. The molecule has 0 bridgehead atoms. The molecule has 0 fully saturated rings. The first kappa shape index (κ1) is 14.5. The maximum atomic E-state index is 6.25. The molecule has 102 valence electrons. The molecule has 0 saturated heterocycles. The van der Waals surface area contributed by atoms with Crippen molar-refractivity contribution >= 4 is 22.9 Å². The van der Waals surface area contributed by atoms with Gasteiger partial charge in [0.2, 0.25) is 0 Å². The van der Waals surface area contributed by atoms with Crippen molar-refractivity contribution in [2.75, 3.05) is 6.54 Å². The second-order valence-corrected chi connectivity index (χ2v) is 6.03. The Balaban J connectivity index is 2.14. The minimum absolute atomic E-state index is 0.252. The molecule has 2 aromatic heterocycles. The summed E-state index contributed by atoms with van der Waals surface area (Å²) in [5, 5.41) is 6.46. The molecular formula is C15H19ClN2S. The first-order valence-electron chi connectivity index (χ1n) is 6.58. The van der Waals surface area contributed by atoms with Gasteiger partial charge in [0.25, 0.3) is 0 Å². The number of nitrogens with zero attached hydrogens (tertiary/aromatic N) is 1. The number of hydrogen-bond donors (Lipinski definition) is 1. The standard InChI is InChI=1S/C15H19ClN2S/c1-3-7-17-14(15-13(16)6-8-19-15)9-12-5-4-11(2)10-18-12/h4-6,8,10,14,17H,3,7,9H2,1-2H3. The topological polar surface area (TPSA) is 24.9 Å². The lowest BCUT2D eigenvalue weighted by Crippen LogP contribution is -2.23. The van der Waals surface area contributed by atoms with E-state index in [4.69, 9.17) is 11.6 Å². The second-order valence-electron chi connectivity index (χ2n) is 4.67. The van der Waals surface area contributed by atoms with Gasteiger partial charge < -0.3 is 5.32 Å². The smallest absolute Gasteiger partial charge is 0.0561 e. The van der Waals surface area contributed by atoms with Gasteiger partial charge in [0, 0.05) is 29.2 Å². The molecule has 1 atom stereocenters. The fourth-order valence-corrected chi connectivity index (χ4v) is 3.22. The summed E-state index contributed by atoms with van der Waals surface area (Å²) in [7, 11) is 0. The van der Waals surface area contributed by atoms with Gasteiger partial charge in [0.1, 0.15) is 0 Å². The summed E-state index contributed by atoms with van der Waals surface area (Å²) in [6.45, 7) is 5.22. The molecule has 1 N–H and O–H groups in total. The van der Waals surface area contributed by atoms with Crippen LogP contribution in [0.3, 0.4) is 0 Å². The Hall–Kier alpha value is -0.900. The van der Waals surface area contributed by atoms with Gasteiger partial charge in [0.05, 0.1) is 5.02 Å².